The first kappa shape index (κ1) is 13.7. The van der Waals surface area contributed by atoms with E-state index in [2.05, 4.69) is 40.7 Å². The Labute approximate surface area is 121 Å². The van der Waals surface area contributed by atoms with E-state index in [1.807, 2.05) is 0 Å². The Balaban J connectivity index is 1.57. The third-order valence-electron chi connectivity index (χ3n) is 4.10. The maximum absolute atomic E-state index is 5.82. The predicted octanol–water partition coefficient (Wildman–Crippen LogP) is 1.72. The van der Waals surface area contributed by atoms with E-state index in [0.29, 0.717) is 0 Å². The molecule has 3 rings (SSSR count). The van der Waals surface area contributed by atoms with Crippen LogP contribution in [0.5, 0.6) is 5.75 Å². The standard InChI is InChI=1S/C16H25N3O/c1-13-12-18-15-11-14(3-4-16(15)20-13)5-9-19-8-2-6-17-7-10-19/h3-4,11,13,17-18H,2,5-10,12H2,1H3. The molecule has 110 valence electrons. The minimum absolute atomic E-state index is 0.262. The second-order valence-electron chi connectivity index (χ2n) is 5.84. The largest absolute Gasteiger partial charge is 0.487 e. The number of hydrogen-bond donors (Lipinski definition) is 2. The molecule has 1 unspecified atom stereocenters. The van der Waals surface area contributed by atoms with Crippen LogP contribution in [0.4, 0.5) is 5.69 Å². The van der Waals surface area contributed by atoms with E-state index in [0.717, 1.165) is 44.0 Å². The van der Waals surface area contributed by atoms with Crippen molar-refractivity contribution in [3.8, 4) is 5.75 Å². The van der Waals surface area contributed by atoms with Crippen molar-refractivity contribution in [1.29, 1.82) is 0 Å². The molecule has 0 amide bonds. The van der Waals surface area contributed by atoms with Crippen LogP contribution in [0.3, 0.4) is 0 Å². The molecular weight excluding hydrogens is 250 g/mol. The van der Waals surface area contributed by atoms with Crippen LogP contribution >= 0.6 is 0 Å². The summed E-state index contributed by atoms with van der Waals surface area (Å²) >= 11 is 0. The number of rotatable bonds is 3. The van der Waals surface area contributed by atoms with E-state index in [1.165, 1.54) is 25.1 Å². The molecule has 0 saturated carbocycles. The Kier molecular flexibility index (Phi) is 4.43. The zero-order valence-corrected chi connectivity index (χ0v) is 12.3. The molecule has 1 aromatic rings. The van der Waals surface area contributed by atoms with E-state index >= 15 is 0 Å². The summed E-state index contributed by atoms with van der Waals surface area (Å²) in [5.41, 5.74) is 2.55. The van der Waals surface area contributed by atoms with Gasteiger partial charge in [-0.3, -0.25) is 0 Å². The summed E-state index contributed by atoms with van der Waals surface area (Å²) in [6.45, 7) is 8.82. The molecule has 1 aromatic carbocycles. The molecule has 0 bridgehead atoms. The second-order valence-corrected chi connectivity index (χ2v) is 5.84. The van der Waals surface area contributed by atoms with Gasteiger partial charge in [0.05, 0.1) is 12.2 Å². The van der Waals surface area contributed by atoms with Gasteiger partial charge in [-0.25, -0.2) is 0 Å². The molecule has 0 aromatic heterocycles. The first-order valence-corrected chi connectivity index (χ1v) is 7.78. The van der Waals surface area contributed by atoms with Crippen LogP contribution in [-0.4, -0.2) is 50.3 Å². The van der Waals surface area contributed by atoms with Crippen molar-refractivity contribution in [2.24, 2.45) is 0 Å². The molecule has 1 atom stereocenters. The molecule has 0 spiro atoms. The average molecular weight is 275 g/mol. The van der Waals surface area contributed by atoms with Gasteiger partial charge in [-0.1, -0.05) is 6.07 Å². The molecule has 2 N–H and O–H groups in total. The number of hydrogen-bond acceptors (Lipinski definition) is 4. The number of anilines is 1. The van der Waals surface area contributed by atoms with Crippen LogP contribution in [0, 0.1) is 0 Å². The van der Waals surface area contributed by atoms with Gasteiger partial charge in [0.1, 0.15) is 11.9 Å². The number of fused-ring (bicyclic) bond motifs is 1. The van der Waals surface area contributed by atoms with Crippen molar-refractivity contribution in [3.63, 3.8) is 0 Å². The zero-order valence-electron chi connectivity index (χ0n) is 12.3. The summed E-state index contributed by atoms with van der Waals surface area (Å²) in [4.78, 5) is 2.56. The van der Waals surface area contributed by atoms with E-state index in [-0.39, 0.29) is 6.10 Å². The molecule has 0 radical (unpaired) electrons. The molecule has 2 aliphatic heterocycles. The monoisotopic (exact) mass is 275 g/mol. The van der Waals surface area contributed by atoms with Crippen LogP contribution in [-0.2, 0) is 6.42 Å². The highest BCUT2D eigenvalue weighted by Gasteiger charge is 2.15. The third-order valence-corrected chi connectivity index (χ3v) is 4.10. The van der Waals surface area contributed by atoms with Gasteiger partial charge in [-0.05, 0) is 50.6 Å². The summed E-state index contributed by atoms with van der Waals surface area (Å²) < 4.78 is 5.82. The van der Waals surface area contributed by atoms with E-state index in [1.54, 1.807) is 0 Å². The first-order chi connectivity index (χ1) is 9.81. The molecule has 4 nitrogen and oxygen atoms in total. The highest BCUT2D eigenvalue weighted by molar-refractivity contribution is 5.59. The van der Waals surface area contributed by atoms with Crippen molar-refractivity contribution < 1.29 is 4.74 Å². The summed E-state index contributed by atoms with van der Waals surface area (Å²) in [6, 6.07) is 6.56. The highest BCUT2D eigenvalue weighted by Crippen LogP contribution is 2.30. The molecule has 1 saturated heterocycles. The predicted molar refractivity (Wildman–Crippen MR) is 82.7 cm³/mol. The zero-order chi connectivity index (χ0) is 13.8. The molecule has 20 heavy (non-hydrogen) atoms. The van der Waals surface area contributed by atoms with Crippen molar-refractivity contribution in [2.75, 3.05) is 44.6 Å². The smallest absolute Gasteiger partial charge is 0.142 e. The van der Waals surface area contributed by atoms with E-state index < -0.39 is 0 Å². The number of ether oxygens (including phenoxy) is 1. The van der Waals surface area contributed by atoms with E-state index in [4.69, 9.17) is 4.74 Å². The lowest BCUT2D eigenvalue weighted by molar-refractivity contribution is 0.226. The minimum Gasteiger partial charge on any atom is -0.487 e. The lowest BCUT2D eigenvalue weighted by Crippen LogP contribution is -2.30. The summed E-state index contributed by atoms with van der Waals surface area (Å²) in [6.07, 6.45) is 2.64. The van der Waals surface area contributed by atoms with Crippen LogP contribution < -0.4 is 15.4 Å². The highest BCUT2D eigenvalue weighted by atomic mass is 16.5. The fraction of sp³-hybridized carbons (Fsp3) is 0.625. The van der Waals surface area contributed by atoms with Crippen LogP contribution in [0.15, 0.2) is 18.2 Å². The maximum atomic E-state index is 5.82. The molecular formula is C16H25N3O. The van der Waals surface area contributed by atoms with Gasteiger partial charge in [0.2, 0.25) is 0 Å². The van der Waals surface area contributed by atoms with Gasteiger partial charge < -0.3 is 20.3 Å². The van der Waals surface area contributed by atoms with E-state index in [9.17, 15) is 0 Å². The average Bonchev–Trinajstić information content (AvgIpc) is 2.73. The SMILES string of the molecule is CC1CNc2cc(CCN3CCCNCC3)ccc2O1. The van der Waals surface area contributed by atoms with Crippen molar-refractivity contribution in [1.82, 2.24) is 10.2 Å². The molecule has 1 fully saturated rings. The van der Waals surface area contributed by atoms with Crippen molar-refractivity contribution in [3.05, 3.63) is 23.8 Å². The third kappa shape index (κ3) is 3.44. The fourth-order valence-electron chi connectivity index (χ4n) is 2.90. The molecule has 2 heterocycles. The van der Waals surface area contributed by atoms with Gasteiger partial charge in [-0.15, -0.1) is 0 Å². The Bertz CT molecular complexity index is 441. The number of nitrogens with one attached hydrogen (secondary N) is 2. The van der Waals surface area contributed by atoms with Gasteiger partial charge >= 0.3 is 0 Å². The summed E-state index contributed by atoms with van der Waals surface area (Å²) in [7, 11) is 0. The van der Waals surface area contributed by atoms with Crippen LogP contribution in [0.2, 0.25) is 0 Å². The number of benzene rings is 1. The number of nitrogens with zero attached hydrogens (tertiary/aromatic N) is 1. The van der Waals surface area contributed by atoms with Gasteiger partial charge in [0, 0.05) is 19.6 Å². The maximum Gasteiger partial charge on any atom is 0.142 e. The molecule has 4 heteroatoms. The topological polar surface area (TPSA) is 36.5 Å². The lowest BCUT2D eigenvalue weighted by Gasteiger charge is -2.25. The molecule has 0 aliphatic carbocycles. The van der Waals surface area contributed by atoms with Crippen molar-refractivity contribution >= 4 is 5.69 Å². The molecule has 2 aliphatic rings. The quantitative estimate of drug-likeness (QED) is 0.880. The Morgan fingerprint density at radius 2 is 2.25 bits per heavy atom. The second kappa shape index (κ2) is 6.46. The van der Waals surface area contributed by atoms with Crippen molar-refractivity contribution in [2.45, 2.75) is 25.9 Å². The Morgan fingerprint density at radius 3 is 3.20 bits per heavy atom. The summed E-state index contributed by atoms with van der Waals surface area (Å²) in [5, 5.41) is 6.90. The Hall–Kier alpha value is -1.26. The van der Waals surface area contributed by atoms with Crippen LogP contribution in [0.1, 0.15) is 18.9 Å². The fourth-order valence-corrected chi connectivity index (χ4v) is 2.90. The lowest BCUT2D eigenvalue weighted by atomic mass is 10.1. The van der Waals surface area contributed by atoms with Crippen LogP contribution in [0.25, 0.3) is 0 Å². The van der Waals surface area contributed by atoms with Gasteiger partial charge in [0.25, 0.3) is 0 Å². The minimum atomic E-state index is 0.262. The van der Waals surface area contributed by atoms with Gasteiger partial charge in [-0.2, -0.15) is 0 Å². The Morgan fingerprint density at radius 1 is 1.30 bits per heavy atom. The summed E-state index contributed by atoms with van der Waals surface area (Å²) in [5.74, 6) is 0.992. The normalized spacial score (nSPS) is 23.4. The first-order valence-electron chi connectivity index (χ1n) is 7.78. The van der Waals surface area contributed by atoms with Gasteiger partial charge in [0.15, 0.2) is 0 Å².